The maximum atomic E-state index is 14.0. The van der Waals surface area contributed by atoms with Gasteiger partial charge in [0, 0.05) is 18.4 Å². The fraction of sp³-hybridized carbons (Fsp3) is 0.341. The van der Waals surface area contributed by atoms with Gasteiger partial charge in [-0.1, -0.05) is 273 Å². The van der Waals surface area contributed by atoms with E-state index in [1.807, 2.05) is 261 Å². The van der Waals surface area contributed by atoms with Crippen molar-refractivity contribution in [3.05, 3.63) is 317 Å². The Morgan fingerprint density at radius 3 is 1.01 bits per heavy atom. The Kier molecular flexibility index (Phi) is 28.6. The second-order valence-corrected chi connectivity index (χ2v) is 26.8. The van der Waals surface area contributed by atoms with Gasteiger partial charge in [-0.05, 0) is 63.6 Å². The van der Waals surface area contributed by atoms with Crippen molar-refractivity contribution in [2.75, 3.05) is 20.3 Å². The molecule has 3 saturated heterocycles. The van der Waals surface area contributed by atoms with E-state index >= 15 is 0 Å². The Hall–Kier alpha value is -8.25. The van der Waals surface area contributed by atoms with Crippen molar-refractivity contribution in [3.63, 3.8) is 0 Å². The Balaban J connectivity index is 0.979. The van der Waals surface area contributed by atoms with Gasteiger partial charge in [-0.15, -0.1) is 0 Å². The smallest absolute Gasteiger partial charge is 0.306 e. The van der Waals surface area contributed by atoms with Crippen LogP contribution in [0.25, 0.3) is 0 Å². The van der Waals surface area contributed by atoms with Crippen molar-refractivity contribution in [2.24, 2.45) is 0 Å². The maximum absolute atomic E-state index is 14.0. The summed E-state index contributed by atoms with van der Waals surface area (Å²) < 4.78 is 101. The van der Waals surface area contributed by atoms with E-state index in [-0.39, 0.29) is 84.8 Å². The number of nitrogens with one attached hydrogen (secondary N) is 1. The highest BCUT2D eigenvalue weighted by Gasteiger charge is 2.57. The number of carbonyl (C=O) groups excluding carboxylic acids is 2. The monoisotopic (exact) mass is 1410 g/mol. The Bertz CT molecular complexity index is 3870. The van der Waals surface area contributed by atoms with E-state index < -0.39 is 97.2 Å². The summed E-state index contributed by atoms with van der Waals surface area (Å²) in [7, 11) is 1.52. The molecule has 3 aliphatic rings. The van der Waals surface area contributed by atoms with E-state index in [0.29, 0.717) is 0 Å². The molecule has 9 aromatic rings. The zero-order valence-electron chi connectivity index (χ0n) is 58.1. The average Bonchev–Trinajstić information content (AvgIpc) is 0.766. The molecule has 0 aliphatic carbocycles. The van der Waals surface area contributed by atoms with Crippen LogP contribution in [-0.2, 0) is 129 Å². The van der Waals surface area contributed by atoms with E-state index in [4.69, 9.17) is 66.3 Å². The number of hydrogen-bond acceptors (Lipinski definition) is 17. The minimum atomic E-state index is -1.30. The normalized spacial score (nSPS) is 24.8. The third-order valence-corrected chi connectivity index (χ3v) is 19.2. The summed E-state index contributed by atoms with van der Waals surface area (Å²) in [4.78, 5) is 27.5. The predicted octanol–water partition coefficient (Wildman–Crippen LogP) is 14.1. The van der Waals surface area contributed by atoms with Gasteiger partial charge >= 0.3 is 5.97 Å². The van der Waals surface area contributed by atoms with Gasteiger partial charge in [-0.2, -0.15) is 0 Å². The molecule has 18 heteroatoms. The van der Waals surface area contributed by atoms with Crippen molar-refractivity contribution in [2.45, 2.75) is 169 Å². The molecule has 3 fully saturated rings. The highest BCUT2D eigenvalue weighted by Crippen LogP contribution is 2.42. The molecule has 3 heterocycles. The van der Waals surface area contributed by atoms with Crippen molar-refractivity contribution in [3.8, 4) is 0 Å². The fourth-order valence-electron chi connectivity index (χ4n) is 12.7. The number of carbonyl (C=O) groups is 2. The first-order valence-corrected chi connectivity index (χ1v) is 36.2. The summed E-state index contributed by atoms with van der Waals surface area (Å²) in [6, 6.07) is 89.4. The first-order chi connectivity index (χ1) is 50.8. The number of amides is 1. The lowest BCUT2D eigenvalue weighted by Gasteiger charge is -2.51. The van der Waals surface area contributed by atoms with E-state index in [1.165, 1.54) is 7.05 Å². The van der Waals surface area contributed by atoms with Crippen LogP contribution in [0.5, 0.6) is 0 Å². The number of hydrogen-bond donors (Lipinski definition) is 1. The minimum Gasteiger partial charge on any atom is -0.457 e. The van der Waals surface area contributed by atoms with Crippen molar-refractivity contribution < 1.29 is 75.9 Å². The van der Waals surface area contributed by atoms with E-state index in [2.05, 4.69) is 17.4 Å². The highest BCUT2D eigenvalue weighted by molar-refractivity contribution is 7.99. The van der Waals surface area contributed by atoms with Crippen LogP contribution in [0.2, 0.25) is 0 Å². The summed E-state index contributed by atoms with van der Waals surface area (Å²) in [5.74, 6) is -0.923. The van der Waals surface area contributed by atoms with Gasteiger partial charge in [-0.3, -0.25) is 9.59 Å². The molecule has 538 valence electrons. The molecule has 3 aliphatic heterocycles. The van der Waals surface area contributed by atoms with Crippen LogP contribution in [0.4, 0.5) is 0 Å². The van der Waals surface area contributed by atoms with E-state index in [1.54, 1.807) is 18.7 Å². The molecule has 15 atom stereocenters. The topological polar surface area (TPSA) is 175 Å². The van der Waals surface area contributed by atoms with Crippen LogP contribution in [-0.4, -0.2) is 123 Å². The molecule has 0 spiro atoms. The van der Waals surface area contributed by atoms with Crippen LogP contribution in [0.3, 0.4) is 0 Å². The van der Waals surface area contributed by atoms with Gasteiger partial charge < -0.3 is 71.6 Å². The molecule has 12 rings (SSSR count). The van der Waals surface area contributed by atoms with Crippen molar-refractivity contribution in [1.29, 1.82) is 0 Å². The summed E-state index contributed by atoms with van der Waals surface area (Å²) in [6.45, 7) is 3.06. The zero-order chi connectivity index (χ0) is 70.6. The van der Waals surface area contributed by atoms with Gasteiger partial charge in [0.15, 0.2) is 18.7 Å². The number of benzene rings is 9. The molecule has 17 nitrogen and oxygen atoms in total. The lowest BCUT2D eigenvalue weighted by atomic mass is 9.95. The quantitative estimate of drug-likeness (QED) is 0.0367. The minimum absolute atomic E-state index is 0.0625. The third kappa shape index (κ3) is 22.2. The van der Waals surface area contributed by atoms with Crippen LogP contribution < -0.4 is 5.32 Å². The van der Waals surface area contributed by atoms with Crippen LogP contribution in [0, 0.1) is 0 Å². The molecule has 0 bridgehead atoms. The first-order valence-electron chi connectivity index (χ1n) is 35.3. The predicted molar refractivity (Wildman–Crippen MR) is 389 cm³/mol. The standard InChI is InChI=1S/C85H91NO16S/c1-60-74(100-73(88)49-48-72(87)86-2)77(91-52-63-34-16-5-17-35-63)80(94-55-66-40-22-8-23-41-66)83(97-60)101-75-70(58-89-50-61-30-12-3-13-31-61)98-84(81(95-56-67-42-24-9-25-43-67)78(75)92-53-64-36-18-6-19-37-64)102-76-71(59-90-51-62-32-14-4-15-33-62)99-85(103-69-46-28-11-29-47-69)82(96-57-68-44-26-10-27-45-68)79(76)93-54-65-38-20-7-21-39-65/h3-47,60,70-71,74-85H,48-59H2,1-2H3,(H,86,87)/t60?,70-,71?,74+,75-,76+,77-,78?,79+,80?,81?,82?,83?,84-,85-/m0/s1. The largest absolute Gasteiger partial charge is 0.457 e. The average molecular weight is 1410 g/mol. The van der Waals surface area contributed by atoms with Gasteiger partial charge in [0.25, 0.3) is 0 Å². The lowest BCUT2D eigenvalue weighted by Crippen LogP contribution is -2.67. The molecule has 0 saturated carbocycles. The van der Waals surface area contributed by atoms with Crippen LogP contribution in [0.1, 0.15) is 64.3 Å². The van der Waals surface area contributed by atoms with E-state index in [0.717, 1.165) is 49.4 Å². The molecule has 103 heavy (non-hydrogen) atoms. The van der Waals surface area contributed by atoms with Gasteiger partial charge in [0.05, 0.1) is 78.6 Å². The summed E-state index contributed by atoms with van der Waals surface area (Å²) in [6.07, 6.45) is -14.7. The second kappa shape index (κ2) is 39.6. The Labute approximate surface area is 608 Å². The second-order valence-electron chi connectivity index (χ2n) is 25.6. The third-order valence-electron chi connectivity index (χ3n) is 18.1. The Morgan fingerprint density at radius 2 is 0.641 bits per heavy atom. The van der Waals surface area contributed by atoms with Crippen LogP contribution >= 0.6 is 11.8 Å². The summed E-state index contributed by atoms with van der Waals surface area (Å²) in [5.41, 5.74) is 6.60. The molecular formula is C85H91NO16S. The van der Waals surface area contributed by atoms with E-state index in [9.17, 15) is 9.59 Å². The van der Waals surface area contributed by atoms with Gasteiger partial charge in [0.1, 0.15) is 66.5 Å². The SMILES string of the molecule is CNC(=O)CCC(=O)O[C@@H]1C(C)OC(O[C@@H]2C(OCc3ccccc3)C(OCc3ccccc3)[C@H](O[C@@H]3C(COCc4ccccc4)O[C@@H](Sc4ccccc4)C(OCc4ccccc4)[C@@H]3OCc3ccccc3)O[C@H]2COCc2ccccc2)C(OCc2ccccc2)[C@H]1OCc1ccccc1. The number of thioether (sulfide) groups is 1. The highest BCUT2D eigenvalue weighted by atomic mass is 32.2. The van der Waals surface area contributed by atoms with Crippen LogP contribution in [0.15, 0.2) is 278 Å². The number of rotatable bonds is 36. The molecule has 7 unspecified atom stereocenters. The molecule has 9 aromatic carbocycles. The molecule has 0 radical (unpaired) electrons. The number of ether oxygens (including phenoxy) is 14. The van der Waals surface area contributed by atoms with Gasteiger partial charge in [0.2, 0.25) is 5.91 Å². The number of esters is 1. The van der Waals surface area contributed by atoms with Crippen molar-refractivity contribution >= 4 is 23.6 Å². The lowest BCUT2D eigenvalue weighted by molar-refractivity contribution is -0.385. The molecule has 0 aromatic heterocycles. The first kappa shape index (κ1) is 74.5. The molecular weight excluding hydrogens is 1320 g/mol. The van der Waals surface area contributed by atoms with Gasteiger partial charge in [-0.25, -0.2) is 0 Å². The summed E-state index contributed by atoms with van der Waals surface area (Å²) >= 11 is 1.54. The molecule has 1 amide bonds. The fourth-order valence-corrected chi connectivity index (χ4v) is 13.9. The zero-order valence-corrected chi connectivity index (χ0v) is 58.9. The van der Waals surface area contributed by atoms with Crippen molar-refractivity contribution in [1.82, 2.24) is 5.32 Å². The molecule has 1 N–H and O–H groups in total. The maximum Gasteiger partial charge on any atom is 0.306 e. The summed E-state index contributed by atoms with van der Waals surface area (Å²) in [5, 5.41) is 2.60. The Morgan fingerprint density at radius 1 is 0.340 bits per heavy atom.